The van der Waals surface area contributed by atoms with E-state index in [1.165, 1.54) is 26.8 Å². The molecule has 11 heteroatoms. The van der Waals surface area contributed by atoms with Crippen molar-refractivity contribution in [1.82, 2.24) is 9.62 Å². The van der Waals surface area contributed by atoms with Gasteiger partial charge in [-0.15, -0.1) is 6.58 Å². The van der Waals surface area contributed by atoms with Gasteiger partial charge in [-0.25, -0.2) is 16.8 Å². The Morgan fingerprint density at radius 2 is 1.66 bits per heavy atom. The normalized spacial score (nSPS) is 14.8. The summed E-state index contributed by atoms with van der Waals surface area (Å²) in [5.74, 6) is 0.182. The molecule has 1 aliphatic rings. The van der Waals surface area contributed by atoms with Crippen LogP contribution in [-0.4, -0.2) is 66.1 Å². The third-order valence-electron chi connectivity index (χ3n) is 5.55. The van der Waals surface area contributed by atoms with Crippen molar-refractivity contribution in [3.05, 3.63) is 66.7 Å². The van der Waals surface area contributed by atoms with Gasteiger partial charge >= 0.3 is 0 Å². The van der Waals surface area contributed by atoms with Crippen molar-refractivity contribution in [2.45, 2.75) is 24.2 Å². The van der Waals surface area contributed by atoms with E-state index in [4.69, 9.17) is 4.74 Å². The highest BCUT2D eigenvalue weighted by molar-refractivity contribution is 7.92. The third kappa shape index (κ3) is 7.06. The lowest BCUT2D eigenvalue weighted by molar-refractivity contribution is 0.0947. The zero-order chi connectivity index (χ0) is 25.5. The summed E-state index contributed by atoms with van der Waals surface area (Å²) in [5, 5.41) is 2.74. The van der Waals surface area contributed by atoms with Crippen LogP contribution in [0.3, 0.4) is 0 Å². The highest BCUT2D eigenvalue weighted by atomic mass is 32.2. The van der Waals surface area contributed by atoms with E-state index in [2.05, 4.69) is 11.9 Å². The number of rotatable bonds is 11. The minimum absolute atomic E-state index is 0.132. The molecule has 1 aliphatic heterocycles. The molecule has 0 saturated carbocycles. The molecule has 1 saturated heterocycles. The Kier molecular flexibility index (Phi) is 8.92. The number of piperidine rings is 1. The van der Waals surface area contributed by atoms with Crippen LogP contribution in [0.15, 0.2) is 66.1 Å². The standard InChI is InChI=1S/C24H31N3O6S2/c1-3-16-27(34(2,29)30)21-9-7-20(8-10-21)24(28)25-15-19-33-22-11-13-23(14-12-22)35(31,32)26-17-5-4-6-18-26/h3,7-14H,1,4-6,15-19H2,2H3,(H,25,28). The number of hydrogen-bond acceptors (Lipinski definition) is 6. The number of ether oxygens (including phenoxy) is 1. The van der Waals surface area contributed by atoms with E-state index in [0.29, 0.717) is 30.1 Å². The van der Waals surface area contributed by atoms with Crippen molar-refractivity contribution in [2.75, 3.05) is 43.3 Å². The van der Waals surface area contributed by atoms with E-state index >= 15 is 0 Å². The molecular formula is C24H31N3O6S2. The smallest absolute Gasteiger partial charge is 0.251 e. The summed E-state index contributed by atoms with van der Waals surface area (Å²) in [6, 6.07) is 12.5. The fourth-order valence-corrected chi connectivity index (χ4v) is 6.12. The average Bonchev–Trinajstić information content (AvgIpc) is 2.85. The summed E-state index contributed by atoms with van der Waals surface area (Å²) in [7, 11) is -6.95. The van der Waals surface area contributed by atoms with Crippen molar-refractivity contribution < 1.29 is 26.4 Å². The molecular weight excluding hydrogens is 490 g/mol. The summed E-state index contributed by atoms with van der Waals surface area (Å²) in [5.41, 5.74) is 0.825. The predicted octanol–water partition coefficient (Wildman–Crippen LogP) is 2.62. The molecule has 2 aromatic rings. The van der Waals surface area contributed by atoms with Gasteiger partial charge in [-0.1, -0.05) is 12.5 Å². The first-order valence-electron chi connectivity index (χ1n) is 11.3. The molecule has 1 heterocycles. The average molecular weight is 522 g/mol. The maximum atomic E-state index is 12.7. The maximum absolute atomic E-state index is 12.7. The monoisotopic (exact) mass is 521 g/mol. The minimum Gasteiger partial charge on any atom is -0.492 e. The molecule has 0 bridgehead atoms. The highest BCUT2D eigenvalue weighted by Gasteiger charge is 2.25. The van der Waals surface area contributed by atoms with Gasteiger partial charge in [0.05, 0.1) is 29.9 Å². The van der Waals surface area contributed by atoms with Crippen molar-refractivity contribution >= 4 is 31.6 Å². The van der Waals surface area contributed by atoms with Crippen LogP contribution >= 0.6 is 0 Å². The maximum Gasteiger partial charge on any atom is 0.251 e. The number of carbonyl (C=O) groups excluding carboxylic acids is 1. The molecule has 0 unspecified atom stereocenters. The first-order valence-corrected chi connectivity index (χ1v) is 14.6. The van der Waals surface area contributed by atoms with Crippen LogP contribution in [0.25, 0.3) is 0 Å². The van der Waals surface area contributed by atoms with Gasteiger partial charge in [-0.2, -0.15) is 4.31 Å². The lowest BCUT2D eigenvalue weighted by atomic mass is 10.2. The van der Waals surface area contributed by atoms with E-state index in [1.807, 2.05) is 0 Å². The van der Waals surface area contributed by atoms with Crippen molar-refractivity contribution in [3.8, 4) is 5.75 Å². The van der Waals surface area contributed by atoms with Crippen LogP contribution in [0, 0.1) is 0 Å². The summed E-state index contributed by atoms with van der Waals surface area (Å²) in [4.78, 5) is 12.6. The van der Waals surface area contributed by atoms with Gasteiger partial charge in [-0.05, 0) is 61.4 Å². The van der Waals surface area contributed by atoms with Gasteiger partial charge in [0.2, 0.25) is 20.0 Å². The molecule has 0 aliphatic carbocycles. The number of carbonyl (C=O) groups is 1. The number of amides is 1. The number of sulfonamides is 2. The van der Waals surface area contributed by atoms with E-state index in [1.54, 1.807) is 36.4 Å². The largest absolute Gasteiger partial charge is 0.492 e. The molecule has 9 nitrogen and oxygen atoms in total. The number of nitrogens with one attached hydrogen (secondary N) is 1. The van der Waals surface area contributed by atoms with E-state index in [-0.39, 0.29) is 30.5 Å². The highest BCUT2D eigenvalue weighted by Crippen LogP contribution is 2.23. The van der Waals surface area contributed by atoms with Crippen LogP contribution in [-0.2, 0) is 20.0 Å². The third-order valence-corrected chi connectivity index (χ3v) is 8.62. The first-order chi connectivity index (χ1) is 16.6. The van der Waals surface area contributed by atoms with Crippen LogP contribution in [0.1, 0.15) is 29.6 Å². The molecule has 1 fully saturated rings. The Balaban J connectivity index is 1.49. The molecule has 0 spiro atoms. The fraction of sp³-hybridized carbons (Fsp3) is 0.375. The zero-order valence-corrected chi connectivity index (χ0v) is 21.4. The molecule has 0 atom stereocenters. The second-order valence-corrected chi connectivity index (χ2v) is 12.0. The first kappa shape index (κ1) is 26.7. The lowest BCUT2D eigenvalue weighted by Crippen LogP contribution is -2.35. The quantitative estimate of drug-likeness (QED) is 0.359. The Morgan fingerprint density at radius 3 is 2.23 bits per heavy atom. The lowest BCUT2D eigenvalue weighted by Gasteiger charge is -2.25. The van der Waals surface area contributed by atoms with Gasteiger partial charge < -0.3 is 10.1 Å². The molecule has 2 aromatic carbocycles. The second-order valence-electron chi connectivity index (χ2n) is 8.17. The van der Waals surface area contributed by atoms with Gasteiger partial charge in [0.15, 0.2) is 0 Å². The SMILES string of the molecule is C=CCN(c1ccc(C(=O)NCCOc2ccc(S(=O)(=O)N3CCCCC3)cc2)cc1)S(C)(=O)=O. The van der Waals surface area contributed by atoms with E-state index in [0.717, 1.165) is 25.5 Å². The Labute approximate surface area is 207 Å². The fourth-order valence-electron chi connectivity index (χ4n) is 3.73. The molecule has 190 valence electrons. The molecule has 3 rings (SSSR count). The summed E-state index contributed by atoms with van der Waals surface area (Å²) < 4.78 is 57.6. The number of benzene rings is 2. The Hall–Kier alpha value is -2.89. The Morgan fingerprint density at radius 1 is 1.03 bits per heavy atom. The second kappa shape index (κ2) is 11.7. The van der Waals surface area contributed by atoms with Crippen LogP contribution < -0.4 is 14.4 Å². The van der Waals surface area contributed by atoms with Crippen molar-refractivity contribution in [3.63, 3.8) is 0 Å². The van der Waals surface area contributed by atoms with Crippen molar-refractivity contribution in [1.29, 1.82) is 0 Å². The molecule has 0 aromatic heterocycles. The molecule has 1 N–H and O–H groups in total. The zero-order valence-electron chi connectivity index (χ0n) is 19.7. The Bertz CT molecular complexity index is 1220. The van der Waals surface area contributed by atoms with E-state index in [9.17, 15) is 21.6 Å². The summed E-state index contributed by atoms with van der Waals surface area (Å²) in [6.45, 7) is 5.24. The van der Waals surface area contributed by atoms with Gasteiger partial charge in [0.1, 0.15) is 12.4 Å². The number of anilines is 1. The molecule has 35 heavy (non-hydrogen) atoms. The van der Waals surface area contributed by atoms with E-state index < -0.39 is 20.0 Å². The van der Waals surface area contributed by atoms with Crippen LogP contribution in [0.5, 0.6) is 5.75 Å². The van der Waals surface area contributed by atoms with Crippen LogP contribution in [0.2, 0.25) is 0 Å². The van der Waals surface area contributed by atoms with Crippen LogP contribution in [0.4, 0.5) is 5.69 Å². The molecule has 1 amide bonds. The predicted molar refractivity (Wildman–Crippen MR) is 136 cm³/mol. The summed E-state index contributed by atoms with van der Waals surface area (Å²) in [6.07, 6.45) is 5.41. The number of nitrogens with zero attached hydrogens (tertiary/aromatic N) is 2. The molecule has 0 radical (unpaired) electrons. The number of hydrogen-bond donors (Lipinski definition) is 1. The van der Waals surface area contributed by atoms with Gasteiger partial charge in [0, 0.05) is 18.7 Å². The topological polar surface area (TPSA) is 113 Å². The summed E-state index contributed by atoms with van der Waals surface area (Å²) >= 11 is 0. The van der Waals surface area contributed by atoms with Crippen molar-refractivity contribution in [2.24, 2.45) is 0 Å². The van der Waals surface area contributed by atoms with Gasteiger partial charge in [-0.3, -0.25) is 9.10 Å². The van der Waals surface area contributed by atoms with Gasteiger partial charge in [0.25, 0.3) is 5.91 Å². The minimum atomic E-state index is -3.49.